The molecule has 3 rings (SSSR count). The summed E-state index contributed by atoms with van der Waals surface area (Å²) in [5.74, 6) is 0.153. The minimum absolute atomic E-state index is 0.138. The monoisotopic (exact) mass is 371 g/mol. The van der Waals surface area contributed by atoms with Crippen LogP contribution in [0.25, 0.3) is 0 Å². The van der Waals surface area contributed by atoms with Crippen molar-refractivity contribution in [2.24, 2.45) is 0 Å². The van der Waals surface area contributed by atoms with E-state index in [1.807, 2.05) is 17.0 Å². The first-order chi connectivity index (χ1) is 12.4. The lowest BCUT2D eigenvalue weighted by atomic mass is 9.73. The zero-order chi connectivity index (χ0) is 20.0. The number of benzene rings is 1. The molecule has 4 nitrogen and oxygen atoms in total. The van der Waals surface area contributed by atoms with Crippen molar-refractivity contribution in [1.82, 2.24) is 4.90 Å². The van der Waals surface area contributed by atoms with Gasteiger partial charge in [0, 0.05) is 18.7 Å². The van der Waals surface area contributed by atoms with E-state index in [9.17, 15) is 4.79 Å². The molecule has 0 aromatic heterocycles. The first-order valence-electron chi connectivity index (χ1n) is 10.2. The van der Waals surface area contributed by atoms with E-state index >= 15 is 0 Å². The fourth-order valence-corrected chi connectivity index (χ4v) is 3.76. The molecule has 0 aliphatic carbocycles. The lowest BCUT2D eigenvalue weighted by Crippen LogP contribution is -2.41. The van der Waals surface area contributed by atoms with E-state index < -0.39 is 7.12 Å². The Morgan fingerprint density at radius 2 is 1.56 bits per heavy atom. The van der Waals surface area contributed by atoms with Gasteiger partial charge in [-0.1, -0.05) is 32.9 Å². The maximum Gasteiger partial charge on any atom is 0.494 e. The Balaban J connectivity index is 1.95. The van der Waals surface area contributed by atoms with E-state index in [0.29, 0.717) is 0 Å². The molecule has 0 bridgehead atoms. The highest BCUT2D eigenvalue weighted by Gasteiger charge is 2.51. The SMILES string of the molecule is CC(C)(C)c1cc(B2OC(C)(C)C(C)(C)O2)ccc1C(=O)N1CCCCC1. The summed E-state index contributed by atoms with van der Waals surface area (Å²) in [5, 5.41) is 0. The quantitative estimate of drug-likeness (QED) is 0.740. The molecule has 2 heterocycles. The van der Waals surface area contributed by atoms with Gasteiger partial charge in [-0.15, -0.1) is 0 Å². The highest BCUT2D eigenvalue weighted by atomic mass is 16.7. The fourth-order valence-electron chi connectivity index (χ4n) is 3.76. The van der Waals surface area contributed by atoms with Crippen LogP contribution in [-0.2, 0) is 14.7 Å². The molecule has 0 saturated carbocycles. The van der Waals surface area contributed by atoms with Crippen LogP contribution in [0.4, 0.5) is 0 Å². The molecule has 2 saturated heterocycles. The maximum atomic E-state index is 13.2. The van der Waals surface area contributed by atoms with Crippen molar-refractivity contribution in [3.8, 4) is 0 Å². The molecule has 0 radical (unpaired) electrons. The molecule has 0 spiro atoms. The highest BCUT2D eigenvalue weighted by Crippen LogP contribution is 2.37. The van der Waals surface area contributed by atoms with Gasteiger partial charge in [-0.2, -0.15) is 0 Å². The number of hydrogen-bond acceptors (Lipinski definition) is 3. The average Bonchev–Trinajstić information content (AvgIpc) is 2.81. The van der Waals surface area contributed by atoms with Crippen molar-refractivity contribution >= 4 is 18.5 Å². The third kappa shape index (κ3) is 3.95. The molecule has 0 atom stereocenters. The minimum atomic E-state index is -0.407. The van der Waals surface area contributed by atoms with E-state index in [4.69, 9.17) is 9.31 Å². The van der Waals surface area contributed by atoms with Crippen molar-refractivity contribution < 1.29 is 14.1 Å². The molecule has 1 amide bonds. The summed E-state index contributed by atoms with van der Waals surface area (Å²) in [7, 11) is -0.407. The van der Waals surface area contributed by atoms with Crippen LogP contribution in [0.2, 0.25) is 0 Å². The van der Waals surface area contributed by atoms with Crippen molar-refractivity contribution in [2.75, 3.05) is 13.1 Å². The van der Waals surface area contributed by atoms with Gasteiger partial charge >= 0.3 is 7.12 Å². The second-order valence-electron chi connectivity index (χ2n) is 10.00. The van der Waals surface area contributed by atoms with Crippen molar-refractivity contribution in [1.29, 1.82) is 0 Å². The maximum absolute atomic E-state index is 13.2. The van der Waals surface area contributed by atoms with Gasteiger partial charge in [0.05, 0.1) is 11.2 Å². The number of likely N-dealkylation sites (tertiary alicyclic amines) is 1. The van der Waals surface area contributed by atoms with Gasteiger partial charge in [0.15, 0.2) is 0 Å². The summed E-state index contributed by atoms with van der Waals surface area (Å²) < 4.78 is 12.4. The van der Waals surface area contributed by atoms with Gasteiger partial charge < -0.3 is 14.2 Å². The smallest absolute Gasteiger partial charge is 0.399 e. The third-order valence-electron chi connectivity index (χ3n) is 6.25. The highest BCUT2D eigenvalue weighted by molar-refractivity contribution is 6.62. The van der Waals surface area contributed by atoms with Gasteiger partial charge in [-0.25, -0.2) is 0 Å². The van der Waals surface area contributed by atoms with E-state index in [0.717, 1.165) is 42.5 Å². The predicted molar refractivity (Wildman–Crippen MR) is 111 cm³/mol. The van der Waals surface area contributed by atoms with Crippen molar-refractivity contribution in [3.05, 3.63) is 29.3 Å². The second kappa shape index (κ2) is 6.93. The number of amides is 1. The van der Waals surface area contributed by atoms with Crippen LogP contribution in [0.15, 0.2) is 18.2 Å². The summed E-state index contributed by atoms with van der Waals surface area (Å²) in [4.78, 5) is 15.2. The first kappa shape index (κ1) is 20.4. The van der Waals surface area contributed by atoms with Gasteiger partial charge in [0.25, 0.3) is 5.91 Å². The molecular weight excluding hydrogens is 337 g/mol. The third-order valence-corrected chi connectivity index (χ3v) is 6.25. The Hall–Kier alpha value is -1.33. The van der Waals surface area contributed by atoms with Crippen molar-refractivity contribution in [2.45, 2.75) is 84.3 Å². The summed E-state index contributed by atoms with van der Waals surface area (Å²) >= 11 is 0. The molecular formula is C22H34BNO3. The Kier molecular flexibility index (Phi) is 5.24. The average molecular weight is 371 g/mol. The van der Waals surface area contributed by atoms with Crippen LogP contribution in [0, 0.1) is 0 Å². The number of nitrogens with zero attached hydrogens (tertiary/aromatic N) is 1. The topological polar surface area (TPSA) is 38.8 Å². The number of hydrogen-bond donors (Lipinski definition) is 0. The first-order valence-corrected chi connectivity index (χ1v) is 10.2. The van der Waals surface area contributed by atoms with E-state index in [2.05, 4.69) is 54.5 Å². The van der Waals surface area contributed by atoms with Crippen LogP contribution in [-0.4, -0.2) is 42.2 Å². The molecule has 1 aromatic carbocycles. The standard InChI is InChI=1S/C22H34BNO3/c1-20(2,3)18-15-16(23-26-21(4,5)22(6,7)27-23)11-12-17(18)19(25)24-13-9-8-10-14-24/h11-12,15H,8-10,13-14H2,1-7H3. The van der Waals surface area contributed by atoms with Crippen LogP contribution < -0.4 is 5.46 Å². The van der Waals surface area contributed by atoms with Crippen LogP contribution in [0.3, 0.4) is 0 Å². The largest absolute Gasteiger partial charge is 0.494 e. The van der Waals surface area contributed by atoms with E-state index in [1.54, 1.807) is 0 Å². The normalized spacial score (nSPS) is 22.2. The summed E-state index contributed by atoms with van der Waals surface area (Å²) in [6, 6.07) is 6.08. The molecule has 27 heavy (non-hydrogen) atoms. The minimum Gasteiger partial charge on any atom is -0.399 e. The number of rotatable bonds is 2. The van der Waals surface area contributed by atoms with Gasteiger partial charge in [-0.05, 0) is 69.5 Å². The zero-order valence-electron chi connectivity index (χ0n) is 18.0. The Bertz CT molecular complexity index is 699. The van der Waals surface area contributed by atoms with E-state index in [-0.39, 0.29) is 22.5 Å². The number of carbonyl (C=O) groups is 1. The zero-order valence-corrected chi connectivity index (χ0v) is 18.0. The molecule has 1 aromatic rings. The molecule has 5 heteroatoms. The Morgan fingerprint density at radius 3 is 2.07 bits per heavy atom. The molecule has 2 aliphatic heterocycles. The fraction of sp³-hybridized carbons (Fsp3) is 0.682. The van der Waals surface area contributed by atoms with E-state index in [1.165, 1.54) is 6.42 Å². The summed E-state index contributed by atoms with van der Waals surface area (Å²) in [6.07, 6.45) is 3.42. The number of carbonyl (C=O) groups excluding carboxylic acids is 1. The summed E-state index contributed by atoms with van der Waals surface area (Å²) in [5.41, 5.74) is 1.97. The molecule has 2 fully saturated rings. The number of piperidine rings is 1. The van der Waals surface area contributed by atoms with Crippen molar-refractivity contribution in [3.63, 3.8) is 0 Å². The van der Waals surface area contributed by atoms with Crippen LogP contribution in [0.1, 0.15) is 83.7 Å². The van der Waals surface area contributed by atoms with Gasteiger partial charge in [0.2, 0.25) is 0 Å². The Labute approximate surface area is 164 Å². The van der Waals surface area contributed by atoms with Crippen LogP contribution in [0.5, 0.6) is 0 Å². The van der Waals surface area contributed by atoms with Gasteiger partial charge in [0.1, 0.15) is 0 Å². The summed E-state index contributed by atoms with van der Waals surface area (Å²) in [6.45, 7) is 16.4. The van der Waals surface area contributed by atoms with Crippen LogP contribution >= 0.6 is 0 Å². The Morgan fingerprint density at radius 1 is 1.00 bits per heavy atom. The van der Waals surface area contributed by atoms with Gasteiger partial charge in [-0.3, -0.25) is 4.79 Å². The lowest BCUT2D eigenvalue weighted by molar-refractivity contribution is 0.00578. The second-order valence-corrected chi connectivity index (χ2v) is 10.00. The molecule has 0 N–H and O–H groups in total. The molecule has 0 unspecified atom stereocenters. The molecule has 148 valence electrons. The predicted octanol–water partition coefficient (Wildman–Crippen LogP) is 3.91. The molecule has 2 aliphatic rings. The lowest BCUT2D eigenvalue weighted by Gasteiger charge is -2.32.